The lowest BCUT2D eigenvalue weighted by atomic mass is 10.2. The van der Waals surface area contributed by atoms with Crippen LogP contribution in [0.5, 0.6) is 0 Å². The average molecular weight is 220 g/mol. The molecule has 1 atom stereocenters. The Hall–Kier alpha value is -1.01. The second-order valence-electron chi connectivity index (χ2n) is 4.67. The largest absolute Gasteiger partial charge is 0.329 e. The third kappa shape index (κ3) is 2.76. The van der Waals surface area contributed by atoms with Crippen molar-refractivity contribution < 1.29 is 4.79 Å². The fourth-order valence-electron chi connectivity index (χ4n) is 2.51. The van der Waals surface area contributed by atoms with Crippen LogP contribution in [0, 0.1) is 11.8 Å². The molecule has 0 bridgehead atoms. The molecule has 2 saturated heterocycles. The van der Waals surface area contributed by atoms with E-state index < -0.39 is 0 Å². The normalized spacial score (nSPS) is 25.6. The zero-order valence-electron chi connectivity index (χ0n) is 10.0. The Kier molecular flexibility index (Phi) is 3.84. The number of hydrogen-bond donors (Lipinski definition) is 0. The van der Waals surface area contributed by atoms with Gasteiger partial charge in [0.1, 0.15) is 0 Å². The van der Waals surface area contributed by atoms with Gasteiger partial charge in [0.25, 0.3) is 0 Å². The van der Waals surface area contributed by atoms with Crippen molar-refractivity contribution in [2.45, 2.75) is 38.6 Å². The summed E-state index contributed by atoms with van der Waals surface area (Å²) in [5, 5.41) is 0. The molecule has 2 aliphatic heterocycles. The van der Waals surface area contributed by atoms with Gasteiger partial charge in [-0.3, -0.25) is 9.69 Å². The highest BCUT2D eigenvalue weighted by Gasteiger charge is 2.24. The Morgan fingerprint density at radius 3 is 2.69 bits per heavy atom. The van der Waals surface area contributed by atoms with E-state index in [9.17, 15) is 4.79 Å². The van der Waals surface area contributed by atoms with Crippen LogP contribution >= 0.6 is 0 Å². The maximum Gasteiger partial charge on any atom is 0.220 e. The molecule has 0 saturated carbocycles. The fraction of sp³-hybridized carbons (Fsp3) is 0.769. The Bertz CT molecular complexity index is 310. The molecular weight excluding hydrogens is 200 g/mol. The molecule has 0 aromatic rings. The van der Waals surface area contributed by atoms with E-state index >= 15 is 0 Å². The van der Waals surface area contributed by atoms with E-state index in [1.807, 2.05) is 4.90 Å². The molecule has 16 heavy (non-hydrogen) atoms. The number of likely N-dealkylation sites (tertiary alicyclic amines) is 2. The summed E-state index contributed by atoms with van der Waals surface area (Å²) in [7, 11) is 0. The van der Waals surface area contributed by atoms with E-state index in [1.165, 1.54) is 25.9 Å². The molecule has 0 aromatic heterocycles. The number of amides is 1. The minimum absolute atomic E-state index is 0.165. The highest BCUT2D eigenvalue weighted by molar-refractivity contribution is 5.74. The van der Waals surface area contributed by atoms with Crippen LogP contribution in [0.1, 0.15) is 32.6 Å². The molecule has 0 radical (unpaired) electrons. The maximum atomic E-state index is 11.3. The number of carbonyl (C=O) groups excluding carboxylic acids is 1. The molecule has 2 fully saturated rings. The highest BCUT2D eigenvalue weighted by atomic mass is 16.2. The van der Waals surface area contributed by atoms with Crippen LogP contribution in [0.25, 0.3) is 0 Å². The lowest BCUT2D eigenvalue weighted by Crippen LogP contribution is -2.32. The van der Waals surface area contributed by atoms with Crippen LogP contribution in [0.2, 0.25) is 0 Å². The minimum atomic E-state index is 0.165. The van der Waals surface area contributed by atoms with Crippen molar-refractivity contribution in [3.63, 3.8) is 0 Å². The summed E-state index contributed by atoms with van der Waals surface area (Å²) in [6, 6.07) is 0.181. The Morgan fingerprint density at radius 1 is 1.25 bits per heavy atom. The second kappa shape index (κ2) is 5.36. The SMILES string of the molecule is CC(=O)N1CCC[C@H]1C#CCN1CCCC1. The van der Waals surface area contributed by atoms with Gasteiger partial charge in [-0.25, -0.2) is 0 Å². The minimum Gasteiger partial charge on any atom is -0.329 e. The lowest BCUT2D eigenvalue weighted by Gasteiger charge is -2.18. The summed E-state index contributed by atoms with van der Waals surface area (Å²) in [6.45, 7) is 5.78. The van der Waals surface area contributed by atoms with Gasteiger partial charge in [0.05, 0.1) is 12.6 Å². The molecule has 0 unspecified atom stereocenters. The summed E-state index contributed by atoms with van der Waals surface area (Å²) in [5.41, 5.74) is 0. The predicted molar refractivity (Wildman–Crippen MR) is 63.9 cm³/mol. The summed E-state index contributed by atoms with van der Waals surface area (Å²) in [4.78, 5) is 15.6. The molecule has 1 amide bonds. The summed E-state index contributed by atoms with van der Waals surface area (Å²) in [5.74, 6) is 6.65. The van der Waals surface area contributed by atoms with Gasteiger partial charge >= 0.3 is 0 Å². The first-order valence-corrected chi connectivity index (χ1v) is 6.25. The van der Waals surface area contributed by atoms with E-state index in [-0.39, 0.29) is 11.9 Å². The van der Waals surface area contributed by atoms with Gasteiger partial charge in [0, 0.05) is 13.5 Å². The van der Waals surface area contributed by atoms with Gasteiger partial charge in [0.15, 0.2) is 0 Å². The Balaban J connectivity index is 1.83. The Morgan fingerprint density at radius 2 is 2.00 bits per heavy atom. The van der Waals surface area contributed by atoms with E-state index in [2.05, 4.69) is 16.7 Å². The molecule has 0 aromatic carbocycles. The molecule has 2 heterocycles. The summed E-state index contributed by atoms with van der Waals surface area (Å²) in [6.07, 6.45) is 4.77. The number of nitrogens with zero attached hydrogens (tertiary/aromatic N) is 2. The first kappa shape index (κ1) is 11.5. The van der Waals surface area contributed by atoms with Crippen LogP contribution < -0.4 is 0 Å². The maximum absolute atomic E-state index is 11.3. The molecule has 88 valence electrons. The average Bonchev–Trinajstić information content (AvgIpc) is 2.87. The first-order chi connectivity index (χ1) is 7.77. The summed E-state index contributed by atoms with van der Waals surface area (Å²) < 4.78 is 0. The first-order valence-electron chi connectivity index (χ1n) is 6.25. The van der Waals surface area contributed by atoms with Gasteiger partial charge in [0.2, 0.25) is 5.91 Å². The number of carbonyl (C=O) groups is 1. The molecule has 3 heteroatoms. The van der Waals surface area contributed by atoms with Crippen LogP contribution in [0.4, 0.5) is 0 Å². The van der Waals surface area contributed by atoms with E-state index in [0.717, 1.165) is 25.9 Å². The van der Waals surface area contributed by atoms with Gasteiger partial charge in [-0.15, -0.1) is 0 Å². The van der Waals surface area contributed by atoms with Crippen LogP contribution in [-0.2, 0) is 4.79 Å². The van der Waals surface area contributed by atoms with Crippen LogP contribution in [-0.4, -0.2) is 47.9 Å². The molecule has 2 aliphatic rings. The zero-order chi connectivity index (χ0) is 11.4. The van der Waals surface area contributed by atoms with E-state index in [1.54, 1.807) is 6.92 Å². The van der Waals surface area contributed by atoms with Crippen molar-refractivity contribution in [2.24, 2.45) is 0 Å². The second-order valence-corrected chi connectivity index (χ2v) is 4.67. The topological polar surface area (TPSA) is 23.6 Å². The van der Waals surface area contributed by atoms with Gasteiger partial charge < -0.3 is 4.90 Å². The van der Waals surface area contributed by atoms with Crippen molar-refractivity contribution in [3.05, 3.63) is 0 Å². The van der Waals surface area contributed by atoms with Gasteiger partial charge in [-0.2, -0.15) is 0 Å². The third-order valence-corrected chi connectivity index (χ3v) is 3.43. The summed E-state index contributed by atoms with van der Waals surface area (Å²) >= 11 is 0. The lowest BCUT2D eigenvalue weighted by molar-refractivity contribution is -0.128. The molecule has 0 aliphatic carbocycles. The van der Waals surface area contributed by atoms with Crippen molar-refractivity contribution in [1.29, 1.82) is 0 Å². The van der Waals surface area contributed by atoms with E-state index in [0.29, 0.717) is 0 Å². The third-order valence-electron chi connectivity index (χ3n) is 3.43. The van der Waals surface area contributed by atoms with Crippen LogP contribution in [0.15, 0.2) is 0 Å². The van der Waals surface area contributed by atoms with E-state index in [4.69, 9.17) is 0 Å². The van der Waals surface area contributed by atoms with Crippen molar-refractivity contribution in [1.82, 2.24) is 9.80 Å². The van der Waals surface area contributed by atoms with Gasteiger partial charge in [-0.1, -0.05) is 11.8 Å². The Labute approximate surface area is 97.8 Å². The van der Waals surface area contributed by atoms with Crippen molar-refractivity contribution >= 4 is 5.91 Å². The predicted octanol–water partition coefficient (Wildman–Crippen LogP) is 1.10. The number of hydrogen-bond acceptors (Lipinski definition) is 2. The smallest absolute Gasteiger partial charge is 0.220 e. The van der Waals surface area contributed by atoms with Gasteiger partial charge in [-0.05, 0) is 38.8 Å². The fourth-order valence-corrected chi connectivity index (χ4v) is 2.51. The monoisotopic (exact) mass is 220 g/mol. The quantitative estimate of drug-likeness (QED) is 0.618. The molecule has 0 N–H and O–H groups in total. The van der Waals surface area contributed by atoms with Crippen LogP contribution in [0.3, 0.4) is 0 Å². The molecular formula is C13H20N2O. The molecule has 3 nitrogen and oxygen atoms in total. The molecule has 0 spiro atoms. The zero-order valence-corrected chi connectivity index (χ0v) is 10.0. The van der Waals surface area contributed by atoms with Crippen molar-refractivity contribution in [2.75, 3.05) is 26.2 Å². The highest BCUT2D eigenvalue weighted by Crippen LogP contribution is 2.16. The van der Waals surface area contributed by atoms with Crippen molar-refractivity contribution in [3.8, 4) is 11.8 Å². The molecule has 2 rings (SSSR count). The standard InChI is InChI=1S/C13H20N2O/c1-12(16)15-11-5-7-13(15)6-4-10-14-8-2-3-9-14/h13H,2-3,5,7-11H2,1H3/t13-/m1/s1. The number of rotatable bonds is 1.